The lowest BCUT2D eigenvalue weighted by molar-refractivity contribution is -0.133. The Kier molecular flexibility index (Phi) is 6.89. The lowest BCUT2D eigenvalue weighted by Crippen LogP contribution is -2.36. The molecule has 178 valence electrons. The first-order valence-corrected chi connectivity index (χ1v) is 11.5. The average Bonchev–Trinajstić information content (AvgIpc) is 3.19. The first kappa shape index (κ1) is 24.0. The third kappa shape index (κ3) is 5.20. The molecule has 7 nitrogen and oxygen atoms in total. The molecule has 0 fully saturated rings. The third-order valence-corrected chi connectivity index (χ3v) is 5.99. The molecule has 0 atom stereocenters. The van der Waals surface area contributed by atoms with E-state index in [1.807, 2.05) is 51.1 Å². The van der Waals surface area contributed by atoms with Crippen LogP contribution in [0.5, 0.6) is 0 Å². The number of carbonyl (C=O) groups excluding carboxylic acids is 3. The maximum Gasteiger partial charge on any atom is 0.328 e. The predicted octanol–water partition coefficient (Wildman–Crippen LogP) is 5.44. The van der Waals surface area contributed by atoms with Crippen molar-refractivity contribution in [3.8, 4) is 0 Å². The Balaban J connectivity index is 1.63. The standard InChI is InChI=1S/C27H25ClN4O3/c1-4-18-8-11-21(12-9-18)29-26(34)27(35)31-32-22-13-10-20(28)14-19(22)15-23(32)25(33)30-24-16(2)6-5-7-17(24)3/h5-15H,4H2,1-3H3,(H,29,34)(H,30,33)(H,31,35). The van der Waals surface area contributed by atoms with Crippen molar-refractivity contribution in [1.82, 2.24) is 4.68 Å². The molecule has 3 N–H and O–H groups in total. The number of fused-ring (bicyclic) bond motifs is 1. The number of hydrogen-bond acceptors (Lipinski definition) is 3. The van der Waals surface area contributed by atoms with E-state index in [4.69, 9.17) is 11.6 Å². The summed E-state index contributed by atoms with van der Waals surface area (Å²) in [7, 11) is 0. The Bertz CT molecular complexity index is 1420. The van der Waals surface area contributed by atoms with E-state index in [0.717, 1.165) is 23.1 Å². The van der Waals surface area contributed by atoms with E-state index < -0.39 is 17.7 Å². The number of rotatable bonds is 5. The van der Waals surface area contributed by atoms with Gasteiger partial charge in [-0.15, -0.1) is 0 Å². The summed E-state index contributed by atoms with van der Waals surface area (Å²) in [5, 5.41) is 6.62. The minimum absolute atomic E-state index is 0.151. The molecule has 4 rings (SSSR count). The van der Waals surface area contributed by atoms with E-state index in [0.29, 0.717) is 27.3 Å². The Morgan fingerprint density at radius 2 is 1.54 bits per heavy atom. The number of hydrogen-bond donors (Lipinski definition) is 3. The van der Waals surface area contributed by atoms with E-state index in [2.05, 4.69) is 16.1 Å². The molecule has 1 aromatic heterocycles. The van der Waals surface area contributed by atoms with Crippen LogP contribution in [0.3, 0.4) is 0 Å². The van der Waals surface area contributed by atoms with Gasteiger partial charge in [0.1, 0.15) is 5.69 Å². The Morgan fingerprint density at radius 3 is 2.20 bits per heavy atom. The molecule has 0 aliphatic heterocycles. The summed E-state index contributed by atoms with van der Waals surface area (Å²) in [6.07, 6.45) is 0.867. The first-order chi connectivity index (χ1) is 16.8. The van der Waals surface area contributed by atoms with Crippen LogP contribution in [-0.4, -0.2) is 22.4 Å². The van der Waals surface area contributed by atoms with Crippen LogP contribution in [0.1, 0.15) is 34.1 Å². The zero-order valence-corrected chi connectivity index (χ0v) is 20.4. The highest BCUT2D eigenvalue weighted by atomic mass is 35.5. The van der Waals surface area contributed by atoms with Crippen LogP contribution in [-0.2, 0) is 16.0 Å². The minimum atomic E-state index is -0.918. The fourth-order valence-electron chi connectivity index (χ4n) is 3.83. The van der Waals surface area contributed by atoms with Gasteiger partial charge in [0.2, 0.25) is 0 Å². The van der Waals surface area contributed by atoms with Crippen molar-refractivity contribution in [3.63, 3.8) is 0 Å². The molecule has 3 amide bonds. The number of nitrogens with zero attached hydrogens (tertiary/aromatic N) is 1. The molecule has 8 heteroatoms. The number of carbonyl (C=O) groups is 3. The molecule has 0 unspecified atom stereocenters. The summed E-state index contributed by atoms with van der Waals surface area (Å²) in [6, 6.07) is 19.6. The normalized spacial score (nSPS) is 10.7. The van der Waals surface area contributed by atoms with Crippen molar-refractivity contribution in [1.29, 1.82) is 0 Å². The summed E-state index contributed by atoms with van der Waals surface area (Å²) >= 11 is 6.14. The van der Waals surface area contributed by atoms with E-state index in [1.54, 1.807) is 36.4 Å². The topological polar surface area (TPSA) is 92.2 Å². The third-order valence-electron chi connectivity index (χ3n) is 5.76. The zero-order chi connectivity index (χ0) is 25.1. The first-order valence-electron chi connectivity index (χ1n) is 11.2. The van der Waals surface area contributed by atoms with Gasteiger partial charge in [-0.1, -0.05) is 48.9 Å². The molecule has 0 saturated heterocycles. The number of anilines is 2. The molecule has 0 aliphatic rings. The monoisotopic (exact) mass is 488 g/mol. The number of aromatic nitrogens is 1. The predicted molar refractivity (Wildman–Crippen MR) is 140 cm³/mol. The highest BCUT2D eigenvalue weighted by Crippen LogP contribution is 2.25. The van der Waals surface area contributed by atoms with E-state index in [1.165, 1.54) is 4.68 Å². The van der Waals surface area contributed by atoms with Crippen LogP contribution in [0, 0.1) is 13.8 Å². The van der Waals surface area contributed by atoms with Crippen molar-refractivity contribution < 1.29 is 14.4 Å². The number of halogens is 1. The molecule has 0 bridgehead atoms. The van der Waals surface area contributed by atoms with Crippen molar-refractivity contribution >= 4 is 51.6 Å². The Labute approximate surface area is 208 Å². The second-order valence-electron chi connectivity index (χ2n) is 8.23. The number of amides is 3. The number of para-hydroxylation sites is 1. The quantitative estimate of drug-likeness (QED) is 0.327. The molecule has 1 heterocycles. The minimum Gasteiger partial charge on any atom is -0.320 e. The van der Waals surface area contributed by atoms with Crippen LogP contribution >= 0.6 is 11.6 Å². The van der Waals surface area contributed by atoms with Crippen molar-refractivity contribution in [3.05, 3.63) is 94.1 Å². The summed E-state index contributed by atoms with van der Waals surface area (Å²) in [5.41, 5.74) is 7.34. The van der Waals surface area contributed by atoms with Crippen LogP contribution < -0.4 is 16.1 Å². The second-order valence-corrected chi connectivity index (χ2v) is 8.67. The van der Waals surface area contributed by atoms with E-state index in [-0.39, 0.29) is 5.69 Å². The van der Waals surface area contributed by atoms with Crippen LogP contribution in [0.25, 0.3) is 10.9 Å². The van der Waals surface area contributed by atoms with Crippen LogP contribution in [0.4, 0.5) is 11.4 Å². The second kappa shape index (κ2) is 10.0. The van der Waals surface area contributed by atoms with Gasteiger partial charge in [0, 0.05) is 21.8 Å². The highest BCUT2D eigenvalue weighted by Gasteiger charge is 2.22. The van der Waals surface area contributed by atoms with Crippen LogP contribution in [0.15, 0.2) is 66.7 Å². The van der Waals surface area contributed by atoms with Gasteiger partial charge in [0.25, 0.3) is 5.91 Å². The Hall–Kier alpha value is -4.10. The van der Waals surface area contributed by atoms with E-state index in [9.17, 15) is 14.4 Å². The zero-order valence-electron chi connectivity index (χ0n) is 19.6. The molecule has 0 radical (unpaired) electrons. The van der Waals surface area contributed by atoms with Gasteiger partial charge in [-0.3, -0.25) is 19.8 Å². The molecule has 0 spiro atoms. The summed E-state index contributed by atoms with van der Waals surface area (Å²) in [6.45, 7) is 5.83. The Morgan fingerprint density at radius 1 is 0.857 bits per heavy atom. The number of aryl methyl sites for hydroxylation is 3. The number of benzene rings is 3. The summed E-state index contributed by atoms with van der Waals surface area (Å²) in [5.74, 6) is -2.21. The van der Waals surface area contributed by atoms with Gasteiger partial charge in [-0.2, -0.15) is 0 Å². The van der Waals surface area contributed by atoms with Crippen molar-refractivity contribution in [2.45, 2.75) is 27.2 Å². The molecule has 0 saturated carbocycles. The maximum atomic E-state index is 13.3. The van der Waals surface area contributed by atoms with Crippen molar-refractivity contribution in [2.75, 3.05) is 16.1 Å². The average molecular weight is 489 g/mol. The van der Waals surface area contributed by atoms with E-state index >= 15 is 0 Å². The molecule has 4 aromatic rings. The van der Waals surface area contributed by atoms with Crippen molar-refractivity contribution in [2.24, 2.45) is 0 Å². The molecular weight excluding hydrogens is 464 g/mol. The van der Waals surface area contributed by atoms with Gasteiger partial charge in [0.05, 0.1) is 5.52 Å². The largest absolute Gasteiger partial charge is 0.328 e. The van der Waals surface area contributed by atoms with Gasteiger partial charge in [-0.25, -0.2) is 4.68 Å². The van der Waals surface area contributed by atoms with Gasteiger partial charge in [0.15, 0.2) is 0 Å². The molecule has 0 aliphatic carbocycles. The lowest BCUT2D eigenvalue weighted by Gasteiger charge is -2.14. The SMILES string of the molecule is CCc1ccc(NC(=O)C(=O)Nn2c(C(=O)Nc3c(C)cccc3C)cc3cc(Cl)ccc32)cc1. The van der Waals surface area contributed by atoms with Gasteiger partial charge in [-0.05, 0) is 73.4 Å². The van der Waals surface area contributed by atoms with Gasteiger partial charge >= 0.3 is 11.8 Å². The lowest BCUT2D eigenvalue weighted by atomic mass is 10.1. The summed E-state index contributed by atoms with van der Waals surface area (Å²) < 4.78 is 1.30. The smallest absolute Gasteiger partial charge is 0.320 e. The molecule has 35 heavy (non-hydrogen) atoms. The molecular formula is C27H25ClN4O3. The highest BCUT2D eigenvalue weighted by molar-refractivity contribution is 6.42. The molecule has 3 aromatic carbocycles. The number of nitrogens with one attached hydrogen (secondary N) is 3. The maximum absolute atomic E-state index is 13.3. The van der Waals surface area contributed by atoms with Gasteiger partial charge < -0.3 is 10.6 Å². The van der Waals surface area contributed by atoms with Crippen LogP contribution in [0.2, 0.25) is 5.02 Å². The summed E-state index contributed by atoms with van der Waals surface area (Å²) in [4.78, 5) is 38.7. The fourth-order valence-corrected chi connectivity index (χ4v) is 4.01. The fraction of sp³-hybridized carbons (Fsp3) is 0.148.